The van der Waals surface area contributed by atoms with E-state index in [0.29, 0.717) is 5.56 Å². The Morgan fingerprint density at radius 2 is 1.78 bits per heavy atom. The number of hydrogen-bond acceptors (Lipinski definition) is 5. The van der Waals surface area contributed by atoms with Gasteiger partial charge in [0.2, 0.25) is 0 Å². The van der Waals surface area contributed by atoms with Gasteiger partial charge in [-0.1, -0.05) is 0 Å². The van der Waals surface area contributed by atoms with Gasteiger partial charge in [0.15, 0.2) is 0 Å². The number of hydrogen-bond donors (Lipinski definition) is 3. The second-order valence-corrected chi connectivity index (χ2v) is 5.58. The lowest BCUT2D eigenvalue weighted by atomic mass is 10.2. The number of nitrogens with zero attached hydrogens (tertiary/aromatic N) is 2. The molecule has 2 amide bonds. The SMILES string of the molecule is CCN(CC)c1ccc(C=NNC(=O)C(=O)Nc2ccc(F)cc2)c(O)c1. The molecule has 2 aromatic carbocycles. The number of aromatic hydroxyl groups is 1. The molecule has 0 atom stereocenters. The van der Waals surface area contributed by atoms with Crippen molar-refractivity contribution in [2.24, 2.45) is 5.10 Å². The molecular weight excluding hydrogens is 351 g/mol. The van der Waals surface area contributed by atoms with Crippen LogP contribution < -0.4 is 15.6 Å². The van der Waals surface area contributed by atoms with E-state index in [-0.39, 0.29) is 11.4 Å². The number of halogens is 1. The Labute approximate surface area is 156 Å². The standard InChI is InChI=1S/C19H21FN4O3/c1-3-24(4-2)16-10-5-13(17(25)11-16)12-21-23-19(27)18(26)22-15-8-6-14(20)7-9-15/h5-12,25H,3-4H2,1-2H3,(H,22,26)(H,23,27). The lowest BCUT2D eigenvalue weighted by Gasteiger charge is -2.21. The molecule has 3 N–H and O–H groups in total. The van der Waals surface area contributed by atoms with Gasteiger partial charge in [-0.15, -0.1) is 0 Å². The molecule has 0 heterocycles. The van der Waals surface area contributed by atoms with E-state index in [1.54, 1.807) is 12.1 Å². The van der Waals surface area contributed by atoms with Crippen LogP contribution in [0.2, 0.25) is 0 Å². The minimum Gasteiger partial charge on any atom is -0.507 e. The van der Waals surface area contributed by atoms with Crippen LogP contribution in [0.25, 0.3) is 0 Å². The van der Waals surface area contributed by atoms with Gasteiger partial charge in [0.1, 0.15) is 11.6 Å². The molecule has 7 nitrogen and oxygen atoms in total. The molecule has 0 radical (unpaired) electrons. The van der Waals surface area contributed by atoms with Gasteiger partial charge in [-0.3, -0.25) is 9.59 Å². The quantitative estimate of drug-likeness (QED) is 0.412. The first-order chi connectivity index (χ1) is 12.9. The summed E-state index contributed by atoms with van der Waals surface area (Å²) in [4.78, 5) is 25.5. The van der Waals surface area contributed by atoms with Crippen LogP contribution in [-0.2, 0) is 9.59 Å². The Hall–Kier alpha value is -3.42. The summed E-state index contributed by atoms with van der Waals surface area (Å²) in [6.45, 7) is 5.65. The van der Waals surface area contributed by atoms with Gasteiger partial charge in [0.25, 0.3) is 0 Å². The van der Waals surface area contributed by atoms with Crippen molar-refractivity contribution in [1.82, 2.24) is 5.43 Å². The number of hydrazone groups is 1. The van der Waals surface area contributed by atoms with Crippen LogP contribution in [0.4, 0.5) is 15.8 Å². The summed E-state index contributed by atoms with van der Waals surface area (Å²) in [6.07, 6.45) is 1.24. The molecule has 0 saturated carbocycles. The minimum atomic E-state index is -0.991. The summed E-state index contributed by atoms with van der Waals surface area (Å²) >= 11 is 0. The number of carbonyl (C=O) groups is 2. The first-order valence-electron chi connectivity index (χ1n) is 8.42. The van der Waals surface area contributed by atoms with Crippen molar-refractivity contribution in [2.75, 3.05) is 23.3 Å². The van der Waals surface area contributed by atoms with Crippen LogP contribution in [0, 0.1) is 5.82 Å². The number of rotatable bonds is 6. The zero-order valence-corrected chi connectivity index (χ0v) is 15.1. The predicted molar refractivity (Wildman–Crippen MR) is 102 cm³/mol. The van der Waals surface area contributed by atoms with Crippen molar-refractivity contribution in [3.05, 3.63) is 53.8 Å². The average Bonchev–Trinajstić information content (AvgIpc) is 2.66. The molecule has 0 fully saturated rings. The van der Waals surface area contributed by atoms with Gasteiger partial charge < -0.3 is 15.3 Å². The lowest BCUT2D eigenvalue weighted by molar-refractivity contribution is -0.136. The zero-order chi connectivity index (χ0) is 19.8. The molecule has 27 heavy (non-hydrogen) atoms. The monoisotopic (exact) mass is 372 g/mol. The Bertz CT molecular complexity index is 833. The molecule has 0 aliphatic carbocycles. The second-order valence-electron chi connectivity index (χ2n) is 5.58. The smallest absolute Gasteiger partial charge is 0.329 e. The molecule has 0 aliphatic rings. The molecule has 2 aromatic rings. The molecule has 0 saturated heterocycles. The third kappa shape index (κ3) is 5.53. The highest BCUT2D eigenvalue weighted by molar-refractivity contribution is 6.39. The number of benzene rings is 2. The van der Waals surface area contributed by atoms with Gasteiger partial charge in [0, 0.05) is 36.1 Å². The van der Waals surface area contributed by atoms with E-state index in [4.69, 9.17) is 0 Å². The van der Waals surface area contributed by atoms with E-state index in [9.17, 15) is 19.1 Å². The Kier molecular flexibility index (Phi) is 6.87. The highest BCUT2D eigenvalue weighted by atomic mass is 19.1. The van der Waals surface area contributed by atoms with Gasteiger partial charge in [0.05, 0.1) is 6.21 Å². The fraction of sp³-hybridized carbons (Fsp3) is 0.211. The first kappa shape index (κ1) is 19.9. The topological polar surface area (TPSA) is 94.0 Å². The van der Waals surface area contributed by atoms with Gasteiger partial charge >= 0.3 is 11.8 Å². The van der Waals surface area contributed by atoms with Gasteiger partial charge in [-0.2, -0.15) is 5.10 Å². The number of carbonyl (C=O) groups excluding carboxylic acids is 2. The fourth-order valence-electron chi connectivity index (χ4n) is 2.36. The summed E-state index contributed by atoms with van der Waals surface area (Å²) in [7, 11) is 0. The molecule has 0 unspecified atom stereocenters. The van der Waals surface area contributed by atoms with E-state index in [0.717, 1.165) is 30.9 Å². The first-order valence-corrected chi connectivity index (χ1v) is 8.42. The fourth-order valence-corrected chi connectivity index (χ4v) is 2.36. The molecule has 0 spiro atoms. The largest absolute Gasteiger partial charge is 0.507 e. The number of amides is 2. The summed E-state index contributed by atoms with van der Waals surface area (Å²) in [5, 5.41) is 16.1. The number of phenolic OH excluding ortho intramolecular Hbond substituents is 1. The van der Waals surface area contributed by atoms with Crippen LogP contribution in [0.5, 0.6) is 5.75 Å². The predicted octanol–water partition coefficient (Wildman–Crippen LogP) is 2.47. The maximum atomic E-state index is 12.8. The Morgan fingerprint density at radius 1 is 1.11 bits per heavy atom. The second kappa shape index (κ2) is 9.33. The van der Waals surface area contributed by atoms with E-state index in [1.807, 2.05) is 19.9 Å². The van der Waals surface area contributed by atoms with Crippen molar-refractivity contribution < 1.29 is 19.1 Å². The molecule has 0 aromatic heterocycles. The minimum absolute atomic E-state index is 0.00756. The number of phenols is 1. The third-order valence-corrected chi connectivity index (χ3v) is 3.82. The Balaban J connectivity index is 1.94. The van der Waals surface area contributed by atoms with Crippen molar-refractivity contribution in [3.63, 3.8) is 0 Å². The van der Waals surface area contributed by atoms with Crippen molar-refractivity contribution >= 4 is 29.4 Å². The summed E-state index contributed by atoms with van der Waals surface area (Å²) in [5.74, 6) is -2.38. The van der Waals surface area contributed by atoms with Crippen LogP contribution in [-0.4, -0.2) is 36.2 Å². The molecule has 0 bridgehead atoms. The van der Waals surface area contributed by atoms with E-state index < -0.39 is 17.6 Å². The van der Waals surface area contributed by atoms with Crippen molar-refractivity contribution in [3.8, 4) is 5.75 Å². The van der Waals surface area contributed by atoms with E-state index >= 15 is 0 Å². The summed E-state index contributed by atoms with van der Waals surface area (Å²) in [6, 6.07) is 10.1. The number of anilines is 2. The van der Waals surface area contributed by atoms with Crippen LogP contribution >= 0.6 is 0 Å². The third-order valence-electron chi connectivity index (χ3n) is 3.82. The maximum Gasteiger partial charge on any atom is 0.329 e. The molecule has 0 aliphatic heterocycles. The van der Waals surface area contributed by atoms with Gasteiger partial charge in [-0.25, -0.2) is 9.82 Å². The zero-order valence-electron chi connectivity index (χ0n) is 15.1. The maximum absolute atomic E-state index is 12.8. The molecular formula is C19H21FN4O3. The van der Waals surface area contributed by atoms with Crippen molar-refractivity contribution in [1.29, 1.82) is 0 Å². The lowest BCUT2D eigenvalue weighted by Crippen LogP contribution is -2.32. The average molecular weight is 372 g/mol. The molecule has 2 rings (SSSR count). The highest BCUT2D eigenvalue weighted by Crippen LogP contribution is 2.23. The normalized spacial score (nSPS) is 10.6. The molecule has 142 valence electrons. The van der Waals surface area contributed by atoms with Crippen molar-refractivity contribution in [2.45, 2.75) is 13.8 Å². The highest BCUT2D eigenvalue weighted by Gasteiger charge is 2.13. The summed E-state index contributed by atoms with van der Waals surface area (Å²) < 4.78 is 12.8. The van der Waals surface area contributed by atoms with E-state index in [1.165, 1.54) is 18.3 Å². The van der Waals surface area contributed by atoms with Crippen LogP contribution in [0.15, 0.2) is 47.6 Å². The van der Waals surface area contributed by atoms with Crippen LogP contribution in [0.1, 0.15) is 19.4 Å². The van der Waals surface area contributed by atoms with Gasteiger partial charge in [-0.05, 0) is 50.2 Å². The summed E-state index contributed by atoms with van der Waals surface area (Å²) in [5.41, 5.74) is 3.62. The Morgan fingerprint density at radius 3 is 2.37 bits per heavy atom. The molecule has 8 heteroatoms. The number of nitrogens with one attached hydrogen (secondary N) is 2. The van der Waals surface area contributed by atoms with E-state index in [2.05, 4.69) is 20.7 Å². The van der Waals surface area contributed by atoms with Crippen LogP contribution in [0.3, 0.4) is 0 Å².